The van der Waals surface area contributed by atoms with Crippen LogP contribution in [0.1, 0.15) is 0 Å². The molecule has 2 aromatic carbocycles. The second-order valence-corrected chi connectivity index (χ2v) is 7.94. The first kappa shape index (κ1) is 16.1. The normalized spacial score (nSPS) is 11.6. The Bertz CT molecular complexity index is 761. The first-order valence-corrected chi connectivity index (χ1v) is 8.58. The summed E-state index contributed by atoms with van der Waals surface area (Å²) in [4.78, 5) is 0.141. The number of sulfonamides is 1. The lowest BCUT2D eigenvalue weighted by Crippen LogP contribution is -2.22. The highest BCUT2D eigenvalue weighted by Gasteiger charge is 2.19. The van der Waals surface area contributed by atoms with Gasteiger partial charge in [0.1, 0.15) is 5.75 Å². The largest absolute Gasteiger partial charge is 0.455 e. The molecule has 21 heavy (non-hydrogen) atoms. The van der Waals surface area contributed by atoms with Gasteiger partial charge in [0.25, 0.3) is 0 Å². The number of benzene rings is 2. The smallest absolute Gasteiger partial charge is 0.242 e. The number of halogens is 1. The molecule has 0 amide bonds. The fourth-order valence-electron chi connectivity index (χ4n) is 1.63. The number of anilines is 1. The molecule has 0 bridgehead atoms. The minimum atomic E-state index is -3.52. The van der Waals surface area contributed by atoms with Gasteiger partial charge in [-0.3, -0.25) is 0 Å². The van der Waals surface area contributed by atoms with Crippen LogP contribution < -0.4 is 10.5 Å². The molecule has 0 aliphatic carbocycles. The van der Waals surface area contributed by atoms with E-state index in [1.54, 1.807) is 6.07 Å². The molecule has 0 aliphatic rings. The van der Waals surface area contributed by atoms with Gasteiger partial charge in [0.05, 0.1) is 10.6 Å². The number of nitrogens with two attached hydrogens (primary N) is 1. The van der Waals surface area contributed by atoms with Gasteiger partial charge in [0, 0.05) is 23.7 Å². The van der Waals surface area contributed by atoms with Crippen LogP contribution in [0.15, 0.2) is 47.4 Å². The molecular formula is C14H15IN2O3S. The molecular weight excluding hydrogens is 403 g/mol. The molecule has 112 valence electrons. The molecule has 0 spiro atoms. The van der Waals surface area contributed by atoms with Crippen molar-refractivity contribution in [3.63, 3.8) is 0 Å². The van der Waals surface area contributed by atoms with Gasteiger partial charge in [-0.15, -0.1) is 0 Å². The Morgan fingerprint density at radius 1 is 1.14 bits per heavy atom. The van der Waals surface area contributed by atoms with E-state index < -0.39 is 10.0 Å². The van der Waals surface area contributed by atoms with Crippen LogP contribution in [0.5, 0.6) is 11.5 Å². The van der Waals surface area contributed by atoms with Gasteiger partial charge < -0.3 is 10.5 Å². The Labute approximate surface area is 137 Å². The minimum Gasteiger partial charge on any atom is -0.455 e. The lowest BCUT2D eigenvalue weighted by atomic mass is 10.3. The Morgan fingerprint density at radius 2 is 1.86 bits per heavy atom. The summed E-state index contributed by atoms with van der Waals surface area (Å²) < 4.78 is 32.1. The van der Waals surface area contributed by atoms with Crippen molar-refractivity contribution in [2.75, 3.05) is 19.8 Å². The van der Waals surface area contributed by atoms with Gasteiger partial charge in [-0.1, -0.05) is 6.07 Å². The van der Waals surface area contributed by atoms with Crippen molar-refractivity contribution in [2.24, 2.45) is 0 Å². The Balaban J connectivity index is 2.41. The summed E-state index contributed by atoms with van der Waals surface area (Å²) in [5, 5.41) is 0. The minimum absolute atomic E-state index is 0.141. The third-order valence-electron chi connectivity index (χ3n) is 2.79. The average Bonchev–Trinajstić information content (AvgIpc) is 2.41. The van der Waals surface area contributed by atoms with Crippen molar-refractivity contribution >= 4 is 38.3 Å². The quantitative estimate of drug-likeness (QED) is 0.612. The van der Waals surface area contributed by atoms with Crippen molar-refractivity contribution in [2.45, 2.75) is 4.90 Å². The van der Waals surface area contributed by atoms with Gasteiger partial charge in [-0.2, -0.15) is 0 Å². The average molecular weight is 418 g/mol. The summed E-state index contributed by atoms with van der Waals surface area (Å²) in [5.41, 5.74) is 6.24. The van der Waals surface area contributed by atoms with Crippen LogP contribution in [0.25, 0.3) is 0 Å². The standard InChI is InChI=1S/C14H15IN2O3S/c1-17(2)21(18,19)12-6-7-13(16)14(9-12)20-11-5-3-4-10(15)8-11/h3-9H,16H2,1-2H3. The number of rotatable bonds is 4. The van der Waals surface area contributed by atoms with Crippen LogP contribution in [-0.2, 0) is 10.0 Å². The van der Waals surface area contributed by atoms with Crippen LogP contribution in [0.2, 0.25) is 0 Å². The molecule has 0 unspecified atom stereocenters. The predicted molar refractivity (Wildman–Crippen MR) is 91.0 cm³/mol. The molecule has 0 aliphatic heterocycles. The summed E-state index contributed by atoms with van der Waals surface area (Å²) in [6, 6.07) is 11.8. The number of nitrogens with zero attached hydrogens (tertiary/aromatic N) is 1. The number of hydrogen-bond acceptors (Lipinski definition) is 4. The molecule has 2 aromatic rings. The van der Waals surface area contributed by atoms with E-state index in [-0.39, 0.29) is 4.90 Å². The van der Waals surface area contributed by atoms with Crippen molar-refractivity contribution in [1.82, 2.24) is 4.31 Å². The maximum absolute atomic E-state index is 12.1. The second kappa shape index (κ2) is 6.20. The number of hydrogen-bond donors (Lipinski definition) is 1. The summed E-state index contributed by atoms with van der Waals surface area (Å²) in [6.07, 6.45) is 0. The monoisotopic (exact) mass is 418 g/mol. The molecule has 0 heterocycles. The first-order valence-electron chi connectivity index (χ1n) is 6.06. The zero-order valence-corrected chi connectivity index (χ0v) is 14.6. The van der Waals surface area contributed by atoms with E-state index in [1.807, 2.05) is 18.2 Å². The van der Waals surface area contributed by atoms with E-state index in [2.05, 4.69) is 22.6 Å². The van der Waals surface area contributed by atoms with Gasteiger partial charge in [0.2, 0.25) is 10.0 Å². The summed E-state index contributed by atoms with van der Waals surface area (Å²) in [6.45, 7) is 0. The fraction of sp³-hybridized carbons (Fsp3) is 0.143. The summed E-state index contributed by atoms with van der Waals surface area (Å²) >= 11 is 2.17. The lowest BCUT2D eigenvalue weighted by molar-refractivity contribution is 0.481. The van der Waals surface area contributed by atoms with Crippen molar-refractivity contribution < 1.29 is 13.2 Å². The highest BCUT2D eigenvalue weighted by molar-refractivity contribution is 14.1. The zero-order valence-electron chi connectivity index (χ0n) is 11.6. The molecule has 2 rings (SSSR count). The van der Waals surface area contributed by atoms with Gasteiger partial charge >= 0.3 is 0 Å². The third kappa shape index (κ3) is 3.66. The molecule has 0 aromatic heterocycles. The van der Waals surface area contributed by atoms with Crippen LogP contribution >= 0.6 is 22.6 Å². The molecule has 7 heteroatoms. The Kier molecular flexibility index (Phi) is 4.74. The first-order chi connectivity index (χ1) is 9.80. The predicted octanol–water partition coefficient (Wildman–Crippen LogP) is 2.92. The van der Waals surface area contributed by atoms with Crippen LogP contribution in [0.3, 0.4) is 0 Å². The third-order valence-corrected chi connectivity index (χ3v) is 5.27. The maximum Gasteiger partial charge on any atom is 0.242 e. The lowest BCUT2D eigenvalue weighted by Gasteiger charge is -2.14. The summed E-state index contributed by atoms with van der Waals surface area (Å²) in [5.74, 6) is 0.924. The van der Waals surface area contributed by atoms with Crippen LogP contribution in [0.4, 0.5) is 5.69 Å². The van der Waals surface area contributed by atoms with E-state index in [4.69, 9.17) is 10.5 Å². The Morgan fingerprint density at radius 3 is 2.48 bits per heavy atom. The molecule has 2 N–H and O–H groups in total. The van der Waals surface area contributed by atoms with Crippen molar-refractivity contribution in [3.8, 4) is 11.5 Å². The maximum atomic E-state index is 12.1. The van der Waals surface area contributed by atoms with E-state index in [0.29, 0.717) is 17.2 Å². The number of nitrogen functional groups attached to an aromatic ring is 1. The van der Waals surface area contributed by atoms with Crippen molar-refractivity contribution in [3.05, 3.63) is 46.0 Å². The highest BCUT2D eigenvalue weighted by Crippen LogP contribution is 2.31. The highest BCUT2D eigenvalue weighted by atomic mass is 127. The Hall–Kier alpha value is -1.32. The molecule has 0 fully saturated rings. The molecule has 0 saturated carbocycles. The van der Waals surface area contributed by atoms with Gasteiger partial charge in [-0.05, 0) is 52.9 Å². The second-order valence-electron chi connectivity index (χ2n) is 4.55. The fourth-order valence-corrected chi connectivity index (χ4v) is 3.06. The number of ether oxygens (including phenoxy) is 1. The topological polar surface area (TPSA) is 72.6 Å². The summed E-state index contributed by atoms with van der Waals surface area (Å²) in [7, 11) is -0.564. The molecule has 0 saturated heterocycles. The van der Waals surface area contributed by atoms with E-state index in [1.165, 1.54) is 32.3 Å². The van der Waals surface area contributed by atoms with Crippen LogP contribution in [0, 0.1) is 3.57 Å². The zero-order chi connectivity index (χ0) is 15.6. The van der Waals surface area contributed by atoms with Gasteiger partial charge in [-0.25, -0.2) is 12.7 Å². The van der Waals surface area contributed by atoms with Crippen molar-refractivity contribution in [1.29, 1.82) is 0 Å². The molecule has 5 nitrogen and oxygen atoms in total. The molecule has 0 radical (unpaired) electrons. The van der Waals surface area contributed by atoms with E-state index in [0.717, 1.165) is 7.88 Å². The van der Waals surface area contributed by atoms with Gasteiger partial charge in [0.15, 0.2) is 5.75 Å². The SMILES string of the molecule is CN(C)S(=O)(=O)c1ccc(N)c(Oc2cccc(I)c2)c1. The van der Waals surface area contributed by atoms with E-state index in [9.17, 15) is 8.42 Å². The molecule has 0 atom stereocenters. The van der Waals surface area contributed by atoms with E-state index >= 15 is 0 Å². The van der Waals surface area contributed by atoms with Crippen LogP contribution in [-0.4, -0.2) is 26.8 Å².